The molecule has 3 aromatic carbocycles. The SMILES string of the molecule is CC(C)(C)c1cc(O)cc(C(C)(C)C)c1O.Cc1cc(Cc2cc(C)cc(C(C)(C)C)c2O)c(O)c(C(C)(C)C)c1. The van der Waals surface area contributed by atoms with Gasteiger partial charge in [-0.15, -0.1) is 0 Å². The van der Waals surface area contributed by atoms with Crippen LogP contribution in [-0.2, 0) is 28.1 Å². The monoisotopic (exact) mass is 562 g/mol. The van der Waals surface area contributed by atoms with Crippen molar-refractivity contribution in [2.45, 2.75) is 125 Å². The van der Waals surface area contributed by atoms with Gasteiger partial charge < -0.3 is 20.4 Å². The number of phenols is 4. The molecule has 0 atom stereocenters. The highest BCUT2D eigenvalue weighted by atomic mass is 16.3. The second-order valence-electron chi connectivity index (χ2n) is 15.7. The number of aromatic hydroxyl groups is 4. The number of aryl methyl sites for hydroxylation is 2. The van der Waals surface area contributed by atoms with Crippen LogP contribution < -0.4 is 0 Å². The largest absolute Gasteiger partial charge is 0.508 e. The van der Waals surface area contributed by atoms with Crippen LogP contribution in [-0.4, -0.2) is 20.4 Å². The first-order valence-electron chi connectivity index (χ1n) is 14.6. The van der Waals surface area contributed by atoms with Gasteiger partial charge in [-0.1, -0.05) is 118 Å². The van der Waals surface area contributed by atoms with Crippen LogP contribution in [0.25, 0.3) is 0 Å². The van der Waals surface area contributed by atoms with E-state index in [1.165, 1.54) is 0 Å². The summed E-state index contributed by atoms with van der Waals surface area (Å²) in [7, 11) is 0. The van der Waals surface area contributed by atoms with Gasteiger partial charge in [0.05, 0.1) is 0 Å². The van der Waals surface area contributed by atoms with E-state index in [0.29, 0.717) is 23.7 Å². The lowest BCUT2D eigenvalue weighted by molar-refractivity contribution is 0.413. The summed E-state index contributed by atoms with van der Waals surface area (Å²) in [5.41, 5.74) is 6.85. The Labute approximate surface area is 249 Å². The summed E-state index contributed by atoms with van der Waals surface area (Å²) < 4.78 is 0. The highest BCUT2D eigenvalue weighted by molar-refractivity contribution is 5.53. The second kappa shape index (κ2) is 11.6. The molecule has 4 heteroatoms. The number of phenolic OH excluding ortho intramolecular Hbond substituents is 4. The van der Waals surface area contributed by atoms with Crippen LogP contribution in [0.1, 0.15) is 128 Å². The lowest BCUT2D eigenvalue weighted by Crippen LogP contribution is -2.16. The van der Waals surface area contributed by atoms with E-state index in [9.17, 15) is 20.4 Å². The van der Waals surface area contributed by atoms with Gasteiger partial charge in [0.25, 0.3) is 0 Å². The van der Waals surface area contributed by atoms with Crippen LogP contribution in [0, 0.1) is 13.8 Å². The highest BCUT2D eigenvalue weighted by Gasteiger charge is 2.27. The van der Waals surface area contributed by atoms with E-state index in [4.69, 9.17) is 0 Å². The van der Waals surface area contributed by atoms with Crippen molar-refractivity contribution in [3.63, 3.8) is 0 Å². The molecule has 4 nitrogen and oxygen atoms in total. The molecule has 0 spiro atoms. The van der Waals surface area contributed by atoms with E-state index in [2.05, 4.69) is 67.5 Å². The smallest absolute Gasteiger partial charge is 0.123 e. The Hall–Kier alpha value is -3.14. The molecule has 0 fully saturated rings. The maximum absolute atomic E-state index is 10.8. The average molecular weight is 563 g/mol. The van der Waals surface area contributed by atoms with Gasteiger partial charge in [-0.2, -0.15) is 0 Å². The summed E-state index contributed by atoms with van der Waals surface area (Å²) in [5, 5.41) is 41.6. The van der Waals surface area contributed by atoms with Crippen molar-refractivity contribution in [2.24, 2.45) is 0 Å². The zero-order valence-corrected chi connectivity index (χ0v) is 28.0. The predicted molar refractivity (Wildman–Crippen MR) is 173 cm³/mol. The van der Waals surface area contributed by atoms with Gasteiger partial charge in [-0.05, 0) is 69.9 Å². The molecule has 0 radical (unpaired) electrons. The van der Waals surface area contributed by atoms with Crippen LogP contribution in [0.2, 0.25) is 0 Å². The Morgan fingerprint density at radius 2 is 0.683 bits per heavy atom. The second-order valence-corrected chi connectivity index (χ2v) is 15.7. The van der Waals surface area contributed by atoms with Crippen LogP contribution in [0.5, 0.6) is 23.0 Å². The molecule has 0 aliphatic carbocycles. The molecule has 3 aromatic rings. The van der Waals surface area contributed by atoms with Gasteiger partial charge in [0.2, 0.25) is 0 Å². The Morgan fingerprint density at radius 1 is 0.415 bits per heavy atom. The van der Waals surface area contributed by atoms with Gasteiger partial charge in [0.15, 0.2) is 0 Å². The van der Waals surface area contributed by atoms with E-state index in [-0.39, 0.29) is 27.4 Å². The predicted octanol–water partition coefficient (Wildman–Crippen LogP) is 9.59. The van der Waals surface area contributed by atoms with Crippen molar-refractivity contribution in [2.75, 3.05) is 0 Å². The van der Waals surface area contributed by atoms with Crippen molar-refractivity contribution in [3.05, 3.63) is 80.9 Å². The van der Waals surface area contributed by atoms with Crippen molar-refractivity contribution < 1.29 is 20.4 Å². The van der Waals surface area contributed by atoms with Crippen LogP contribution >= 0.6 is 0 Å². The summed E-state index contributed by atoms with van der Waals surface area (Å²) in [6, 6.07) is 11.4. The molecule has 0 bridgehead atoms. The Kier molecular flexibility index (Phi) is 9.66. The highest BCUT2D eigenvalue weighted by Crippen LogP contribution is 2.42. The summed E-state index contributed by atoms with van der Waals surface area (Å²) in [6.07, 6.45) is 0.521. The third kappa shape index (κ3) is 8.44. The molecule has 0 aromatic heterocycles. The van der Waals surface area contributed by atoms with Crippen LogP contribution in [0.4, 0.5) is 0 Å². The third-order valence-corrected chi connectivity index (χ3v) is 7.37. The quantitative estimate of drug-likeness (QED) is 0.234. The Balaban J connectivity index is 0.000000317. The van der Waals surface area contributed by atoms with Crippen molar-refractivity contribution in [3.8, 4) is 23.0 Å². The van der Waals surface area contributed by atoms with Crippen molar-refractivity contribution >= 4 is 0 Å². The molecule has 0 aliphatic heterocycles. The summed E-state index contributed by atoms with van der Waals surface area (Å²) in [5.74, 6) is 1.21. The van der Waals surface area contributed by atoms with Crippen LogP contribution in [0.3, 0.4) is 0 Å². The zero-order chi connectivity index (χ0) is 31.9. The van der Waals surface area contributed by atoms with E-state index in [0.717, 1.165) is 44.5 Å². The molecule has 0 unspecified atom stereocenters. The summed E-state index contributed by atoms with van der Waals surface area (Å²) in [4.78, 5) is 0. The average Bonchev–Trinajstić information content (AvgIpc) is 2.77. The lowest BCUT2D eigenvalue weighted by Gasteiger charge is -2.27. The molecule has 0 saturated carbocycles. The van der Waals surface area contributed by atoms with Gasteiger partial charge in [-0.3, -0.25) is 0 Å². The number of rotatable bonds is 2. The van der Waals surface area contributed by atoms with Gasteiger partial charge in [0, 0.05) is 17.5 Å². The Bertz CT molecular complexity index is 1280. The first-order valence-corrected chi connectivity index (χ1v) is 14.6. The molecule has 0 heterocycles. The van der Waals surface area contributed by atoms with E-state index in [1.807, 2.05) is 53.7 Å². The van der Waals surface area contributed by atoms with Gasteiger partial charge in [0.1, 0.15) is 23.0 Å². The molecule has 3 rings (SSSR count). The molecule has 0 aliphatic rings. The minimum atomic E-state index is -0.178. The fraction of sp³-hybridized carbons (Fsp3) is 0.514. The molecular formula is C37H54O4. The topological polar surface area (TPSA) is 80.9 Å². The van der Waals surface area contributed by atoms with E-state index < -0.39 is 0 Å². The summed E-state index contributed by atoms with van der Waals surface area (Å²) >= 11 is 0. The summed E-state index contributed by atoms with van der Waals surface area (Å²) in [6.45, 7) is 28.9. The van der Waals surface area contributed by atoms with Gasteiger partial charge in [-0.25, -0.2) is 0 Å². The van der Waals surface area contributed by atoms with Crippen LogP contribution in [0.15, 0.2) is 36.4 Å². The standard InChI is InChI=1S/C23H32O2.C14H22O2/c1-14-9-16(20(24)18(11-14)22(3,4)5)13-17-10-15(2)12-19(21(17)25)23(6,7)8;1-13(2,3)10-7-9(15)8-11(12(10)16)14(4,5)6/h9-12,24-25H,13H2,1-8H3;7-8,15-16H,1-6H3. The normalized spacial score (nSPS) is 12.6. The first kappa shape index (κ1) is 34.1. The molecule has 226 valence electrons. The number of hydrogen-bond donors (Lipinski definition) is 4. The van der Waals surface area contributed by atoms with Gasteiger partial charge >= 0.3 is 0 Å². The fourth-order valence-corrected chi connectivity index (χ4v) is 5.09. The minimum absolute atomic E-state index is 0.129. The Morgan fingerprint density at radius 3 is 0.951 bits per heavy atom. The molecule has 0 amide bonds. The lowest BCUT2D eigenvalue weighted by atomic mass is 9.79. The molecular weight excluding hydrogens is 508 g/mol. The number of hydrogen-bond acceptors (Lipinski definition) is 4. The van der Waals surface area contributed by atoms with Crippen molar-refractivity contribution in [1.82, 2.24) is 0 Å². The first-order chi connectivity index (χ1) is 18.3. The molecule has 41 heavy (non-hydrogen) atoms. The molecule has 4 N–H and O–H groups in total. The third-order valence-electron chi connectivity index (χ3n) is 7.37. The van der Waals surface area contributed by atoms with E-state index >= 15 is 0 Å². The number of benzene rings is 3. The van der Waals surface area contributed by atoms with Crippen molar-refractivity contribution in [1.29, 1.82) is 0 Å². The van der Waals surface area contributed by atoms with E-state index in [1.54, 1.807) is 12.1 Å². The maximum atomic E-state index is 10.8. The maximum Gasteiger partial charge on any atom is 0.123 e. The molecule has 0 saturated heterocycles. The zero-order valence-electron chi connectivity index (χ0n) is 28.0. The minimum Gasteiger partial charge on any atom is -0.508 e. The fourth-order valence-electron chi connectivity index (χ4n) is 5.09.